The highest BCUT2D eigenvalue weighted by Crippen LogP contribution is 2.19. The first-order chi connectivity index (χ1) is 9.38. The van der Waals surface area contributed by atoms with Gasteiger partial charge in [0.1, 0.15) is 5.82 Å². The lowest BCUT2D eigenvalue weighted by Gasteiger charge is -2.15. The highest BCUT2D eigenvalue weighted by atomic mass is 35.5. The summed E-state index contributed by atoms with van der Waals surface area (Å²) in [6.45, 7) is 0.624. The zero-order valence-electron chi connectivity index (χ0n) is 11.0. The molecule has 1 aromatic carbocycles. The Hall–Kier alpha value is -1.66. The van der Waals surface area contributed by atoms with E-state index in [0.29, 0.717) is 18.7 Å². The fourth-order valence-corrected chi connectivity index (χ4v) is 1.78. The maximum atomic E-state index is 13.0. The smallest absolute Gasteiger partial charge is 0.303 e. The van der Waals surface area contributed by atoms with Gasteiger partial charge in [0, 0.05) is 12.1 Å². The number of benzene rings is 1. The molecule has 0 bridgehead atoms. The Morgan fingerprint density at radius 1 is 1.45 bits per heavy atom. The predicted molar refractivity (Wildman–Crippen MR) is 74.4 cm³/mol. The molecule has 0 aliphatic carbocycles. The number of likely N-dealkylation sites (N-methyl/N-ethyl adjacent to an activating group) is 1. The van der Waals surface area contributed by atoms with Gasteiger partial charge in [-0.25, -0.2) is 4.39 Å². The number of hydrogen-bond donors (Lipinski definition) is 2. The maximum Gasteiger partial charge on any atom is 0.303 e. The first kappa shape index (κ1) is 16.4. The van der Waals surface area contributed by atoms with Crippen molar-refractivity contribution in [2.75, 3.05) is 25.5 Å². The first-order valence-corrected chi connectivity index (χ1v) is 6.41. The van der Waals surface area contributed by atoms with Crippen LogP contribution in [0.15, 0.2) is 18.2 Å². The number of hydrogen-bond acceptors (Lipinski definition) is 3. The van der Waals surface area contributed by atoms with Crippen LogP contribution in [0, 0.1) is 5.82 Å². The zero-order valence-corrected chi connectivity index (χ0v) is 11.8. The van der Waals surface area contributed by atoms with Crippen LogP contribution >= 0.6 is 11.6 Å². The molecule has 1 amide bonds. The van der Waals surface area contributed by atoms with Crippen molar-refractivity contribution in [3.05, 3.63) is 29.0 Å². The minimum Gasteiger partial charge on any atom is -0.481 e. The van der Waals surface area contributed by atoms with Crippen LogP contribution in [0.25, 0.3) is 0 Å². The minimum atomic E-state index is -0.858. The summed E-state index contributed by atoms with van der Waals surface area (Å²) < 4.78 is 13.0. The lowest BCUT2D eigenvalue weighted by atomic mass is 10.3. The molecule has 0 heterocycles. The molecule has 0 radical (unpaired) electrons. The van der Waals surface area contributed by atoms with E-state index < -0.39 is 11.8 Å². The number of carbonyl (C=O) groups excluding carboxylic acids is 1. The van der Waals surface area contributed by atoms with Gasteiger partial charge in [-0.1, -0.05) is 11.6 Å². The molecule has 7 heteroatoms. The Labute approximate surface area is 121 Å². The maximum absolute atomic E-state index is 13.0. The Bertz CT molecular complexity index is 497. The molecule has 0 unspecified atom stereocenters. The van der Waals surface area contributed by atoms with Crippen LogP contribution in [0.2, 0.25) is 5.02 Å². The molecule has 5 nitrogen and oxygen atoms in total. The molecule has 0 fully saturated rings. The normalized spacial score (nSPS) is 10.6. The highest BCUT2D eigenvalue weighted by Gasteiger charge is 2.09. The van der Waals surface area contributed by atoms with Gasteiger partial charge in [-0.15, -0.1) is 0 Å². The van der Waals surface area contributed by atoms with Crippen molar-refractivity contribution in [1.82, 2.24) is 4.90 Å². The highest BCUT2D eigenvalue weighted by molar-refractivity contribution is 6.31. The average Bonchev–Trinajstić information content (AvgIpc) is 2.33. The predicted octanol–water partition coefficient (Wildman–Crippen LogP) is 2.21. The van der Waals surface area contributed by atoms with Gasteiger partial charge in [0.25, 0.3) is 0 Å². The lowest BCUT2D eigenvalue weighted by Crippen LogP contribution is -2.31. The quantitative estimate of drug-likeness (QED) is 0.810. The number of carbonyl (C=O) groups is 2. The van der Waals surface area contributed by atoms with E-state index in [1.807, 2.05) is 0 Å². The number of amides is 1. The van der Waals surface area contributed by atoms with Crippen molar-refractivity contribution in [3.63, 3.8) is 0 Å². The topological polar surface area (TPSA) is 69.6 Å². The number of nitrogens with one attached hydrogen (secondary N) is 1. The van der Waals surface area contributed by atoms with Gasteiger partial charge in [0.2, 0.25) is 5.91 Å². The van der Waals surface area contributed by atoms with Crippen molar-refractivity contribution >= 4 is 29.2 Å². The van der Waals surface area contributed by atoms with Crippen molar-refractivity contribution in [2.45, 2.75) is 12.8 Å². The van der Waals surface area contributed by atoms with Gasteiger partial charge in [0.15, 0.2) is 0 Å². The molecule has 2 N–H and O–H groups in total. The summed E-state index contributed by atoms with van der Waals surface area (Å²) in [7, 11) is 1.72. The van der Waals surface area contributed by atoms with Crippen LogP contribution in [0.5, 0.6) is 0 Å². The van der Waals surface area contributed by atoms with Gasteiger partial charge in [-0.05, 0) is 38.2 Å². The Morgan fingerprint density at radius 3 is 2.75 bits per heavy atom. The lowest BCUT2D eigenvalue weighted by molar-refractivity contribution is -0.137. The van der Waals surface area contributed by atoms with E-state index in [1.54, 1.807) is 11.9 Å². The van der Waals surface area contributed by atoms with E-state index in [4.69, 9.17) is 16.7 Å². The first-order valence-electron chi connectivity index (χ1n) is 6.03. The molecule has 1 rings (SSSR count). The third kappa shape index (κ3) is 5.99. The number of aliphatic carboxylic acids is 1. The summed E-state index contributed by atoms with van der Waals surface area (Å²) in [6.07, 6.45) is 0.543. The number of carboxylic acid groups (broad SMARTS) is 1. The number of carboxylic acids is 1. The summed E-state index contributed by atoms with van der Waals surface area (Å²) in [6, 6.07) is 3.93. The van der Waals surface area contributed by atoms with Crippen molar-refractivity contribution < 1.29 is 19.1 Å². The Balaban J connectivity index is 2.38. The third-order valence-electron chi connectivity index (χ3n) is 2.55. The van der Waals surface area contributed by atoms with Gasteiger partial charge in [-0.3, -0.25) is 14.5 Å². The summed E-state index contributed by atoms with van der Waals surface area (Å²) in [5, 5.41) is 11.0. The Morgan fingerprint density at radius 2 is 2.15 bits per heavy atom. The molecular formula is C13H16ClFN2O3. The monoisotopic (exact) mass is 302 g/mol. The molecule has 110 valence electrons. The van der Waals surface area contributed by atoms with Crippen LogP contribution in [-0.4, -0.2) is 42.0 Å². The molecule has 0 aromatic heterocycles. The molecule has 0 saturated heterocycles. The summed E-state index contributed by atoms with van der Waals surface area (Å²) >= 11 is 5.61. The van der Waals surface area contributed by atoms with E-state index in [-0.39, 0.29) is 23.9 Å². The second kappa shape index (κ2) is 7.81. The van der Waals surface area contributed by atoms with E-state index in [1.165, 1.54) is 18.2 Å². The van der Waals surface area contributed by atoms with E-state index in [0.717, 1.165) is 0 Å². The van der Waals surface area contributed by atoms with Crippen LogP contribution in [-0.2, 0) is 9.59 Å². The molecule has 0 aliphatic heterocycles. The van der Waals surface area contributed by atoms with E-state index >= 15 is 0 Å². The molecule has 1 aromatic rings. The average molecular weight is 303 g/mol. The van der Waals surface area contributed by atoms with Crippen molar-refractivity contribution in [1.29, 1.82) is 0 Å². The SMILES string of the molecule is CN(CCCC(=O)O)CC(=O)Nc1ccc(F)c(Cl)c1. The van der Waals surface area contributed by atoms with Gasteiger partial charge in [-0.2, -0.15) is 0 Å². The zero-order chi connectivity index (χ0) is 15.1. The van der Waals surface area contributed by atoms with Gasteiger partial charge in [0.05, 0.1) is 11.6 Å². The summed E-state index contributed by atoms with van der Waals surface area (Å²) in [4.78, 5) is 23.8. The minimum absolute atomic E-state index is 0.0578. The number of halogens is 2. The molecule has 0 spiro atoms. The van der Waals surface area contributed by atoms with E-state index in [2.05, 4.69) is 5.32 Å². The van der Waals surface area contributed by atoms with Crippen LogP contribution < -0.4 is 5.32 Å². The van der Waals surface area contributed by atoms with Crippen molar-refractivity contribution in [3.8, 4) is 0 Å². The number of anilines is 1. The molecule has 0 saturated carbocycles. The standard InChI is InChI=1S/C13H16ClFN2O3/c1-17(6-2-3-13(19)20)8-12(18)16-9-4-5-11(15)10(14)7-9/h4-5,7H,2-3,6,8H2,1H3,(H,16,18)(H,19,20). The van der Waals surface area contributed by atoms with Crippen LogP contribution in [0.3, 0.4) is 0 Å². The number of rotatable bonds is 7. The second-order valence-electron chi connectivity index (χ2n) is 4.41. The van der Waals surface area contributed by atoms with Crippen LogP contribution in [0.1, 0.15) is 12.8 Å². The fraction of sp³-hybridized carbons (Fsp3) is 0.385. The molecule has 0 atom stereocenters. The van der Waals surface area contributed by atoms with E-state index in [9.17, 15) is 14.0 Å². The molecule has 0 aliphatic rings. The molecule has 20 heavy (non-hydrogen) atoms. The molecular weight excluding hydrogens is 287 g/mol. The third-order valence-corrected chi connectivity index (χ3v) is 2.84. The second-order valence-corrected chi connectivity index (χ2v) is 4.82. The number of nitrogens with zero attached hydrogens (tertiary/aromatic N) is 1. The summed E-state index contributed by atoms with van der Waals surface area (Å²) in [5.74, 6) is -1.68. The van der Waals surface area contributed by atoms with Gasteiger partial charge < -0.3 is 10.4 Å². The van der Waals surface area contributed by atoms with Crippen LogP contribution in [0.4, 0.5) is 10.1 Å². The fourth-order valence-electron chi connectivity index (χ4n) is 1.60. The largest absolute Gasteiger partial charge is 0.481 e. The van der Waals surface area contributed by atoms with Gasteiger partial charge >= 0.3 is 5.97 Å². The van der Waals surface area contributed by atoms with Crippen molar-refractivity contribution in [2.24, 2.45) is 0 Å². The summed E-state index contributed by atoms with van der Waals surface area (Å²) in [5.41, 5.74) is 0.417. The Kier molecular flexibility index (Phi) is 6.41.